The van der Waals surface area contributed by atoms with Crippen LogP contribution >= 0.6 is 0 Å². The highest BCUT2D eigenvalue weighted by Gasteiger charge is 2.54. The number of carbonyl (C=O) groups is 4. The molecule has 0 spiro atoms. The van der Waals surface area contributed by atoms with E-state index >= 15 is 0 Å². The summed E-state index contributed by atoms with van der Waals surface area (Å²) in [5.41, 5.74) is 0.654. The number of nitrogens with one attached hydrogen (secondary N) is 3. The molecule has 172 valence electrons. The minimum Gasteiger partial charge on any atom is -0.497 e. The molecule has 1 aromatic carbocycles. The fraction of sp³-hybridized carbons (Fsp3) is 0.250. The first-order valence-electron chi connectivity index (χ1n) is 10.7. The predicted octanol–water partition coefficient (Wildman–Crippen LogP) is 0.732. The lowest BCUT2D eigenvalue weighted by Gasteiger charge is -2.31. The van der Waals surface area contributed by atoms with E-state index in [1.54, 1.807) is 41.3 Å². The largest absolute Gasteiger partial charge is 0.497 e. The van der Waals surface area contributed by atoms with Gasteiger partial charge >= 0.3 is 12.1 Å². The lowest BCUT2D eigenvalue weighted by molar-refractivity contribution is -0.138. The van der Waals surface area contributed by atoms with Gasteiger partial charge in [-0.25, -0.2) is 9.59 Å². The van der Waals surface area contributed by atoms with Crippen LogP contribution in [0.2, 0.25) is 0 Å². The number of benzene rings is 1. The quantitative estimate of drug-likeness (QED) is 0.455. The van der Waals surface area contributed by atoms with Gasteiger partial charge in [0.15, 0.2) is 0 Å². The van der Waals surface area contributed by atoms with Crippen LogP contribution in [-0.4, -0.2) is 61.2 Å². The van der Waals surface area contributed by atoms with E-state index in [9.17, 15) is 19.2 Å². The van der Waals surface area contributed by atoms with Crippen molar-refractivity contribution < 1.29 is 23.9 Å². The Bertz CT molecular complexity index is 1270. The Morgan fingerprint density at radius 3 is 2.56 bits per heavy atom. The van der Waals surface area contributed by atoms with Crippen LogP contribution in [0.1, 0.15) is 12.0 Å². The van der Waals surface area contributed by atoms with Crippen LogP contribution in [0.5, 0.6) is 0 Å². The molecule has 3 heterocycles. The summed E-state index contributed by atoms with van der Waals surface area (Å²) >= 11 is 0. The van der Waals surface area contributed by atoms with Gasteiger partial charge < -0.3 is 10.1 Å². The maximum Gasteiger partial charge on any atom is 0.324 e. The molecule has 1 aliphatic carbocycles. The summed E-state index contributed by atoms with van der Waals surface area (Å²) in [4.78, 5) is 53.1. The Morgan fingerprint density at radius 1 is 1.12 bits per heavy atom. The number of nitrogens with zero attached hydrogens (tertiary/aromatic N) is 2. The van der Waals surface area contributed by atoms with Crippen molar-refractivity contribution in [1.82, 2.24) is 20.9 Å². The van der Waals surface area contributed by atoms with E-state index in [0.717, 1.165) is 11.3 Å². The highest BCUT2D eigenvalue weighted by molar-refractivity contribution is 6.13. The second-order valence-electron chi connectivity index (χ2n) is 8.06. The van der Waals surface area contributed by atoms with Crippen LogP contribution < -0.4 is 20.9 Å². The van der Waals surface area contributed by atoms with Gasteiger partial charge in [0, 0.05) is 36.5 Å². The van der Waals surface area contributed by atoms with Gasteiger partial charge in [-0.3, -0.25) is 30.0 Å². The number of urea groups is 2. The number of allylic oxidation sites excluding steroid dienone is 2. The third-order valence-corrected chi connectivity index (χ3v) is 6.05. The van der Waals surface area contributed by atoms with Gasteiger partial charge in [0.1, 0.15) is 5.76 Å². The van der Waals surface area contributed by atoms with Crippen molar-refractivity contribution in [2.45, 2.75) is 12.1 Å². The molecule has 5 rings (SSSR count). The van der Waals surface area contributed by atoms with Crippen LogP contribution in [0.25, 0.3) is 0 Å². The molecular formula is C24H21N5O5. The van der Waals surface area contributed by atoms with Crippen LogP contribution in [-0.2, 0) is 14.3 Å². The molecule has 34 heavy (non-hydrogen) atoms. The second-order valence-corrected chi connectivity index (χ2v) is 8.06. The van der Waals surface area contributed by atoms with Gasteiger partial charge in [0.05, 0.1) is 7.11 Å². The lowest BCUT2D eigenvalue weighted by atomic mass is 10.1. The number of anilines is 1. The Kier molecular flexibility index (Phi) is 5.09. The maximum absolute atomic E-state index is 13.3. The van der Waals surface area contributed by atoms with E-state index in [2.05, 4.69) is 27.8 Å². The van der Waals surface area contributed by atoms with E-state index in [1.165, 1.54) is 12.0 Å². The van der Waals surface area contributed by atoms with Gasteiger partial charge in [-0.15, -0.1) is 0 Å². The highest BCUT2D eigenvalue weighted by atomic mass is 16.5. The fourth-order valence-electron chi connectivity index (χ4n) is 4.29. The molecular weight excluding hydrogens is 438 g/mol. The molecule has 1 atom stereocenters. The van der Waals surface area contributed by atoms with Crippen LogP contribution in [0.15, 0.2) is 59.4 Å². The standard InChI is InChI=1S/C24H21N5O5/c1-34-18-4-2-3-16-14-29(20(30)19(16)13-18)24(21(31)26-22(32)27-24)10-9-15-5-7-17(8-6-15)28-12-11-25-23(28)33/h2,4-8,13H,3,11-12,14H2,1H3,(H,25,33)(H2,26,27,31,32). The molecule has 3 N–H and O–H groups in total. The molecule has 0 saturated carbocycles. The van der Waals surface area contributed by atoms with E-state index in [-0.39, 0.29) is 12.6 Å². The average Bonchev–Trinajstić information content (AvgIpc) is 3.42. The summed E-state index contributed by atoms with van der Waals surface area (Å²) in [6.45, 7) is 1.29. The second kappa shape index (κ2) is 8.12. The summed E-state index contributed by atoms with van der Waals surface area (Å²) in [6, 6.07) is 6.05. The molecule has 0 bridgehead atoms. The molecule has 0 radical (unpaired) electrons. The Labute approximate surface area is 195 Å². The zero-order chi connectivity index (χ0) is 23.9. The highest BCUT2D eigenvalue weighted by Crippen LogP contribution is 2.32. The summed E-state index contributed by atoms with van der Waals surface area (Å²) in [5.74, 6) is 5.13. The lowest BCUT2D eigenvalue weighted by Crippen LogP contribution is -2.61. The SMILES string of the molecule is COC1=CC2=C(CC=C1)CN(C1(C#Cc3ccc(N4CCNC4=O)cc3)NC(=O)NC1=O)C2=O. The van der Waals surface area contributed by atoms with Gasteiger partial charge in [-0.1, -0.05) is 12.0 Å². The molecule has 10 nitrogen and oxygen atoms in total. The van der Waals surface area contributed by atoms with Crippen LogP contribution in [0, 0.1) is 11.8 Å². The van der Waals surface area contributed by atoms with Crippen molar-refractivity contribution in [1.29, 1.82) is 0 Å². The molecule has 0 aromatic heterocycles. The number of imide groups is 1. The first kappa shape index (κ1) is 21.3. The van der Waals surface area contributed by atoms with E-state index in [1.807, 2.05) is 6.08 Å². The minimum absolute atomic E-state index is 0.136. The summed E-state index contributed by atoms with van der Waals surface area (Å²) in [7, 11) is 1.51. The molecule has 3 aliphatic heterocycles. The number of hydrogen-bond acceptors (Lipinski definition) is 5. The maximum atomic E-state index is 13.3. The van der Waals surface area contributed by atoms with Crippen molar-refractivity contribution in [2.24, 2.45) is 0 Å². The Morgan fingerprint density at radius 2 is 1.91 bits per heavy atom. The van der Waals surface area contributed by atoms with Gasteiger partial charge in [-0.2, -0.15) is 0 Å². The third kappa shape index (κ3) is 3.47. The number of methoxy groups -OCH3 is 1. The van der Waals surface area contributed by atoms with Crippen molar-refractivity contribution in [2.75, 3.05) is 31.6 Å². The number of ether oxygens (including phenoxy) is 1. The van der Waals surface area contributed by atoms with Crippen molar-refractivity contribution in [3.8, 4) is 11.8 Å². The predicted molar refractivity (Wildman–Crippen MR) is 121 cm³/mol. The molecule has 1 unspecified atom stereocenters. The van der Waals surface area contributed by atoms with E-state index in [4.69, 9.17) is 4.74 Å². The van der Waals surface area contributed by atoms with Gasteiger partial charge in [-0.05, 0) is 54.3 Å². The monoisotopic (exact) mass is 459 g/mol. The van der Waals surface area contributed by atoms with E-state index < -0.39 is 23.5 Å². The number of rotatable bonds is 3. The number of carbonyl (C=O) groups excluding carboxylic acids is 4. The molecule has 1 aromatic rings. The third-order valence-electron chi connectivity index (χ3n) is 6.05. The molecule has 10 heteroatoms. The van der Waals surface area contributed by atoms with Crippen molar-refractivity contribution in [3.63, 3.8) is 0 Å². The topological polar surface area (TPSA) is 120 Å². The zero-order valence-electron chi connectivity index (χ0n) is 18.3. The first-order chi connectivity index (χ1) is 16.4. The van der Waals surface area contributed by atoms with Crippen molar-refractivity contribution >= 4 is 29.6 Å². The minimum atomic E-state index is -1.85. The average molecular weight is 459 g/mol. The van der Waals surface area contributed by atoms with Gasteiger partial charge in [0.25, 0.3) is 17.5 Å². The summed E-state index contributed by atoms with van der Waals surface area (Å²) < 4.78 is 5.27. The van der Waals surface area contributed by atoms with E-state index in [0.29, 0.717) is 36.4 Å². The molecule has 2 saturated heterocycles. The molecule has 4 aliphatic rings. The number of hydrogen-bond donors (Lipinski definition) is 3. The summed E-state index contributed by atoms with van der Waals surface area (Å²) in [5, 5.41) is 7.49. The smallest absolute Gasteiger partial charge is 0.324 e. The van der Waals surface area contributed by atoms with Crippen molar-refractivity contribution in [3.05, 3.63) is 65.0 Å². The Hall–Kier alpha value is -4.52. The first-order valence-corrected chi connectivity index (χ1v) is 10.7. The molecule has 2 fully saturated rings. The normalized spacial score (nSPS) is 23.6. The summed E-state index contributed by atoms with van der Waals surface area (Å²) in [6.07, 6.45) is 5.79. The fourth-order valence-corrected chi connectivity index (χ4v) is 4.29. The molecule has 6 amide bonds. The number of amides is 6. The van der Waals surface area contributed by atoms with Crippen LogP contribution in [0.4, 0.5) is 15.3 Å². The van der Waals surface area contributed by atoms with Gasteiger partial charge in [0.2, 0.25) is 0 Å². The zero-order valence-corrected chi connectivity index (χ0v) is 18.3. The Balaban J connectivity index is 1.46. The van der Waals surface area contributed by atoms with Crippen LogP contribution in [0.3, 0.4) is 0 Å².